The van der Waals surface area contributed by atoms with E-state index in [0.717, 1.165) is 29.7 Å². The minimum atomic E-state index is -0.453. The molecule has 25 heavy (non-hydrogen) atoms. The van der Waals surface area contributed by atoms with Crippen LogP contribution in [-0.2, 0) is 31.9 Å². The molecule has 0 unspecified atom stereocenters. The van der Waals surface area contributed by atoms with Crippen molar-refractivity contribution in [2.75, 3.05) is 18.5 Å². The van der Waals surface area contributed by atoms with Crippen molar-refractivity contribution in [2.24, 2.45) is 11.8 Å². The van der Waals surface area contributed by atoms with Crippen LogP contribution in [0.25, 0.3) is 0 Å². The van der Waals surface area contributed by atoms with Gasteiger partial charge in [0, 0.05) is 4.88 Å². The van der Waals surface area contributed by atoms with E-state index in [0.29, 0.717) is 16.5 Å². The van der Waals surface area contributed by atoms with Gasteiger partial charge in [0.05, 0.1) is 18.1 Å². The summed E-state index contributed by atoms with van der Waals surface area (Å²) >= 11 is 1.42. The number of rotatable bonds is 6. The molecule has 138 valence electrons. The van der Waals surface area contributed by atoms with Crippen molar-refractivity contribution >= 4 is 34.2 Å². The molecule has 0 bridgehead atoms. The zero-order valence-electron chi connectivity index (χ0n) is 15.1. The second kappa shape index (κ2) is 8.47. The molecule has 2 rings (SSSR count). The Hall–Kier alpha value is -1.89. The van der Waals surface area contributed by atoms with Crippen LogP contribution in [0.5, 0.6) is 0 Å². The Morgan fingerprint density at radius 3 is 2.64 bits per heavy atom. The summed E-state index contributed by atoms with van der Waals surface area (Å²) in [5.41, 5.74) is 1.44. The molecule has 0 aliphatic heterocycles. The first-order valence-corrected chi connectivity index (χ1v) is 9.43. The Labute approximate surface area is 151 Å². The third kappa shape index (κ3) is 4.81. The van der Waals surface area contributed by atoms with Crippen molar-refractivity contribution in [3.63, 3.8) is 0 Å². The van der Waals surface area contributed by atoms with Crippen molar-refractivity contribution in [3.05, 3.63) is 16.0 Å². The Balaban J connectivity index is 2.17. The molecule has 1 atom stereocenters. The number of ether oxygens (including phenoxy) is 2. The number of nitrogens with one attached hydrogen (secondary N) is 1. The number of fused-ring (bicyclic) bond motifs is 1. The minimum absolute atomic E-state index is 0.277. The summed E-state index contributed by atoms with van der Waals surface area (Å²) in [5, 5.41) is 3.21. The summed E-state index contributed by atoms with van der Waals surface area (Å²) < 4.78 is 10.1. The molecule has 7 heteroatoms. The molecule has 0 spiro atoms. The number of thiophene rings is 1. The summed E-state index contributed by atoms with van der Waals surface area (Å²) in [6.07, 6.45) is 2.71. The molecule has 1 N–H and O–H groups in total. The van der Waals surface area contributed by atoms with Gasteiger partial charge in [-0.1, -0.05) is 20.8 Å². The van der Waals surface area contributed by atoms with Crippen molar-refractivity contribution < 1.29 is 23.9 Å². The number of hydrogen-bond acceptors (Lipinski definition) is 6. The lowest BCUT2D eigenvalue weighted by Crippen LogP contribution is -2.23. The summed E-state index contributed by atoms with van der Waals surface area (Å²) in [6, 6.07) is 0. The highest BCUT2D eigenvalue weighted by Crippen LogP contribution is 2.40. The van der Waals surface area contributed by atoms with E-state index in [-0.39, 0.29) is 19.1 Å². The van der Waals surface area contributed by atoms with Crippen molar-refractivity contribution in [2.45, 2.75) is 47.0 Å². The first kappa shape index (κ1) is 19.4. The molecule has 1 aromatic heterocycles. The molecule has 1 aliphatic carbocycles. The third-order valence-corrected chi connectivity index (χ3v) is 5.23. The van der Waals surface area contributed by atoms with Crippen LogP contribution in [0.2, 0.25) is 0 Å². The highest BCUT2D eigenvalue weighted by atomic mass is 32.1. The fraction of sp³-hybridized carbons (Fsp3) is 0.611. The van der Waals surface area contributed by atoms with Gasteiger partial charge in [0.2, 0.25) is 0 Å². The number of carbonyl (C=O) groups is 3. The second-order valence-electron chi connectivity index (χ2n) is 6.59. The molecule has 0 aromatic carbocycles. The molecule has 1 heterocycles. The molecule has 6 nitrogen and oxygen atoms in total. The van der Waals surface area contributed by atoms with Crippen LogP contribution in [-0.4, -0.2) is 31.1 Å². The standard InChI is InChI=1S/C18H25NO5S/c1-5-23-18(22)15-12-7-6-11(4)8-13(12)25-16(15)19-14(20)9-24-17(21)10(2)3/h10-11H,5-9H2,1-4H3,(H,19,20)/t11-/m1/s1. The molecule has 0 saturated heterocycles. The van der Waals surface area contributed by atoms with Crippen LogP contribution in [0.4, 0.5) is 5.00 Å². The highest BCUT2D eigenvalue weighted by Gasteiger charge is 2.29. The fourth-order valence-electron chi connectivity index (χ4n) is 2.72. The highest BCUT2D eigenvalue weighted by molar-refractivity contribution is 7.17. The zero-order valence-corrected chi connectivity index (χ0v) is 16.0. The van der Waals surface area contributed by atoms with E-state index in [2.05, 4.69) is 12.2 Å². The molecule has 1 aliphatic rings. The SMILES string of the molecule is CCOC(=O)c1c(NC(=O)COC(=O)C(C)C)sc2c1CC[C@@H](C)C2. The van der Waals surface area contributed by atoms with E-state index in [1.807, 2.05) is 0 Å². The average molecular weight is 367 g/mol. The molecule has 0 fully saturated rings. The third-order valence-electron chi connectivity index (χ3n) is 4.06. The van der Waals surface area contributed by atoms with Gasteiger partial charge in [-0.3, -0.25) is 9.59 Å². The van der Waals surface area contributed by atoms with Crippen LogP contribution in [0, 0.1) is 11.8 Å². The molecule has 0 saturated carbocycles. The van der Waals surface area contributed by atoms with Gasteiger partial charge < -0.3 is 14.8 Å². The maximum atomic E-state index is 12.4. The van der Waals surface area contributed by atoms with Crippen molar-refractivity contribution in [1.29, 1.82) is 0 Å². The largest absolute Gasteiger partial charge is 0.462 e. The monoisotopic (exact) mass is 367 g/mol. The molecule has 1 aromatic rings. The van der Waals surface area contributed by atoms with Crippen LogP contribution < -0.4 is 5.32 Å². The van der Waals surface area contributed by atoms with E-state index < -0.39 is 17.8 Å². The van der Waals surface area contributed by atoms with Gasteiger partial charge in [-0.05, 0) is 37.7 Å². The Morgan fingerprint density at radius 2 is 2.00 bits per heavy atom. The second-order valence-corrected chi connectivity index (χ2v) is 7.69. The molecule has 1 amide bonds. The average Bonchev–Trinajstić information content (AvgIpc) is 2.89. The number of carbonyl (C=O) groups excluding carboxylic acids is 3. The van der Waals surface area contributed by atoms with Crippen LogP contribution >= 0.6 is 11.3 Å². The van der Waals surface area contributed by atoms with Gasteiger partial charge in [0.25, 0.3) is 5.91 Å². The quantitative estimate of drug-likeness (QED) is 0.781. The van der Waals surface area contributed by atoms with Crippen LogP contribution in [0.15, 0.2) is 0 Å². The van der Waals surface area contributed by atoms with Gasteiger partial charge in [-0.2, -0.15) is 0 Å². The Kier molecular flexibility index (Phi) is 6.58. The zero-order chi connectivity index (χ0) is 18.6. The van der Waals surface area contributed by atoms with Gasteiger partial charge >= 0.3 is 11.9 Å². The summed E-state index contributed by atoms with van der Waals surface area (Å²) in [7, 11) is 0. The van der Waals surface area contributed by atoms with E-state index in [4.69, 9.17) is 9.47 Å². The van der Waals surface area contributed by atoms with Crippen LogP contribution in [0.1, 0.15) is 54.9 Å². The lowest BCUT2D eigenvalue weighted by molar-refractivity contribution is -0.150. The normalized spacial score (nSPS) is 16.3. The number of esters is 2. The Morgan fingerprint density at radius 1 is 1.28 bits per heavy atom. The van der Waals surface area contributed by atoms with Gasteiger partial charge in [0.15, 0.2) is 6.61 Å². The smallest absolute Gasteiger partial charge is 0.341 e. The Bertz CT molecular complexity index is 665. The number of amides is 1. The molecular weight excluding hydrogens is 342 g/mol. The molecule has 0 radical (unpaired) electrons. The summed E-state index contributed by atoms with van der Waals surface area (Å²) in [5.74, 6) is -1.04. The lowest BCUT2D eigenvalue weighted by atomic mass is 9.88. The van der Waals surface area contributed by atoms with Crippen LogP contribution in [0.3, 0.4) is 0 Å². The summed E-state index contributed by atoms with van der Waals surface area (Å²) in [4.78, 5) is 37.1. The van der Waals surface area contributed by atoms with Gasteiger partial charge in [-0.15, -0.1) is 11.3 Å². The van der Waals surface area contributed by atoms with Gasteiger partial charge in [0.1, 0.15) is 5.00 Å². The fourth-order valence-corrected chi connectivity index (χ4v) is 4.14. The maximum absolute atomic E-state index is 12.4. The maximum Gasteiger partial charge on any atom is 0.341 e. The van der Waals surface area contributed by atoms with Crippen molar-refractivity contribution in [3.8, 4) is 0 Å². The number of anilines is 1. The first-order valence-electron chi connectivity index (χ1n) is 8.61. The van der Waals surface area contributed by atoms with Crippen molar-refractivity contribution in [1.82, 2.24) is 0 Å². The number of hydrogen-bond donors (Lipinski definition) is 1. The first-order chi connectivity index (χ1) is 11.8. The van der Waals surface area contributed by atoms with E-state index in [1.54, 1.807) is 20.8 Å². The lowest BCUT2D eigenvalue weighted by Gasteiger charge is -2.18. The van der Waals surface area contributed by atoms with E-state index in [9.17, 15) is 14.4 Å². The van der Waals surface area contributed by atoms with E-state index in [1.165, 1.54) is 11.3 Å². The minimum Gasteiger partial charge on any atom is -0.462 e. The van der Waals surface area contributed by atoms with E-state index >= 15 is 0 Å². The predicted octanol–water partition coefficient (Wildman–Crippen LogP) is 3.19. The topological polar surface area (TPSA) is 81.7 Å². The predicted molar refractivity (Wildman–Crippen MR) is 95.9 cm³/mol. The van der Waals surface area contributed by atoms with Gasteiger partial charge in [-0.25, -0.2) is 4.79 Å². The summed E-state index contributed by atoms with van der Waals surface area (Å²) in [6.45, 7) is 7.25. The molecular formula is C18H25NO5S.